The van der Waals surface area contributed by atoms with E-state index in [2.05, 4.69) is 23.7 Å². The largest absolute Gasteiger partial charge is 0.341 e. The first kappa shape index (κ1) is 18.1. The first-order valence-corrected chi connectivity index (χ1v) is 9.59. The van der Waals surface area contributed by atoms with Crippen LogP contribution in [0, 0.1) is 5.92 Å². The van der Waals surface area contributed by atoms with Crippen molar-refractivity contribution in [3.63, 3.8) is 0 Å². The summed E-state index contributed by atoms with van der Waals surface area (Å²) in [5.74, 6) is 1.13. The summed E-state index contributed by atoms with van der Waals surface area (Å²) in [6.45, 7) is 9.75. The lowest BCUT2D eigenvalue weighted by molar-refractivity contribution is -0.127. The third-order valence-electron chi connectivity index (χ3n) is 5.51. The number of hydrogen-bond acceptors (Lipinski definition) is 4. The lowest BCUT2D eigenvalue weighted by Crippen LogP contribution is -2.41. The zero-order valence-corrected chi connectivity index (χ0v) is 15.5. The van der Waals surface area contributed by atoms with E-state index >= 15 is 0 Å². The molecule has 0 unspecified atom stereocenters. The number of aromatic nitrogens is 2. The molecular formula is C19H30N4O2. The number of nitrogens with zero attached hydrogens (tertiary/aromatic N) is 4. The maximum atomic E-state index is 12.2. The molecule has 0 aliphatic carbocycles. The van der Waals surface area contributed by atoms with Crippen molar-refractivity contribution in [1.82, 2.24) is 19.4 Å². The summed E-state index contributed by atoms with van der Waals surface area (Å²) < 4.78 is 1.76. The number of carbonyl (C=O) groups is 1. The van der Waals surface area contributed by atoms with E-state index in [0.29, 0.717) is 11.8 Å². The van der Waals surface area contributed by atoms with Crippen molar-refractivity contribution in [2.45, 2.75) is 52.0 Å². The summed E-state index contributed by atoms with van der Waals surface area (Å²) in [6.07, 6.45) is 5.65. The maximum Gasteiger partial charge on any atom is 0.253 e. The molecule has 6 heteroatoms. The molecular weight excluding hydrogens is 316 g/mol. The first-order chi connectivity index (χ1) is 12.0. The molecule has 0 spiro atoms. The molecule has 1 aromatic rings. The molecule has 0 saturated carbocycles. The summed E-state index contributed by atoms with van der Waals surface area (Å²) >= 11 is 0. The lowest BCUT2D eigenvalue weighted by Gasteiger charge is -2.33. The van der Waals surface area contributed by atoms with Gasteiger partial charge in [0, 0.05) is 38.7 Å². The van der Waals surface area contributed by atoms with Crippen LogP contribution in [0.15, 0.2) is 17.2 Å². The molecule has 25 heavy (non-hydrogen) atoms. The van der Waals surface area contributed by atoms with Crippen molar-refractivity contribution in [3.05, 3.63) is 28.4 Å². The van der Waals surface area contributed by atoms with Crippen molar-refractivity contribution in [2.24, 2.45) is 5.92 Å². The van der Waals surface area contributed by atoms with Crippen molar-refractivity contribution in [3.8, 4) is 0 Å². The third kappa shape index (κ3) is 4.69. The second kappa shape index (κ2) is 8.13. The summed E-state index contributed by atoms with van der Waals surface area (Å²) in [6, 6.07) is 1.67. The Balaban J connectivity index is 1.45. The molecule has 2 aliphatic heterocycles. The molecule has 2 aliphatic rings. The van der Waals surface area contributed by atoms with Gasteiger partial charge in [0.15, 0.2) is 0 Å². The van der Waals surface area contributed by atoms with Gasteiger partial charge in [-0.3, -0.25) is 14.2 Å². The number of piperidine rings is 1. The number of likely N-dealkylation sites (tertiary alicyclic amines) is 2. The highest BCUT2D eigenvalue weighted by Gasteiger charge is 2.23. The Bertz CT molecular complexity index is 647. The van der Waals surface area contributed by atoms with Gasteiger partial charge in [-0.05, 0) is 44.2 Å². The molecule has 0 radical (unpaired) electrons. The standard InChI is InChI=1S/C19H30N4O2/c1-15(2)17-12-19(25)23(14-20-17)13-16-5-8-21(9-6-16)10-11-22-7-3-4-18(22)24/h12,14-16H,3-11,13H2,1-2H3. The van der Waals surface area contributed by atoms with Crippen LogP contribution >= 0.6 is 0 Å². The number of carbonyl (C=O) groups excluding carboxylic acids is 1. The molecule has 1 amide bonds. The Morgan fingerprint density at radius 3 is 2.52 bits per heavy atom. The summed E-state index contributed by atoms with van der Waals surface area (Å²) in [4.78, 5) is 32.8. The predicted octanol–water partition coefficient (Wildman–Crippen LogP) is 1.70. The number of amides is 1. The van der Waals surface area contributed by atoms with Gasteiger partial charge in [-0.15, -0.1) is 0 Å². The van der Waals surface area contributed by atoms with Gasteiger partial charge >= 0.3 is 0 Å². The molecule has 1 aromatic heterocycles. The lowest BCUT2D eigenvalue weighted by atomic mass is 9.96. The van der Waals surface area contributed by atoms with Gasteiger partial charge in [0.1, 0.15) is 0 Å². The quantitative estimate of drug-likeness (QED) is 0.787. The average molecular weight is 346 g/mol. The van der Waals surface area contributed by atoms with Crippen molar-refractivity contribution < 1.29 is 4.79 Å². The Kier molecular flexibility index (Phi) is 5.89. The fraction of sp³-hybridized carbons (Fsp3) is 0.737. The van der Waals surface area contributed by atoms with E-state index in [0.717, 1.165) is 70.6 Å². The zero-order valence-electron chi connectivity index (χ0n) is 15.5. The second-order valence-electron chi connectivity index (χ2n) is 7.73. The van der Waals surface area contributed by atoms with Crippen molar-refractivity contribution >= 4 is 5.91 Å². The molecule has 2 fully saturated rings. The van der Waals surface area contributed by atoms with Crippen molar-refractivity contribution in [2.75, 3.05) is 32.7 Å². The number of hydrogen-bond donors (Lipinski definition) is 0. The van der Waals surface area contributed by atoms with Crippen LogP contribution < -0.4 is 5.56 Å². The van der Waals surface area contributed by atoms with Gasteiger partial charge in [0.2, 0.25) is 5.91 Å². The van der Waals surface area contributed by atoms with Crippen LogP contribution in [0.1, 0.15) is 51.1 Å². The topological polar surface area (TPSA) is 58.4 Å². The van der Waals surface area contributed by atoms with E-state index in [9.17, 15) is 9.59 Å². The van der Waals surface area contributed by atoms with Gasteiger partial charge in [-0.2, -0.15) is 0 Å². The van der Waals surface area contributed by atoms with Crippen LogP contribution in [0.4, 0.5) is 0 Å². The summed E-state index contributed by atoms with van der Waals surface area (Å²) in [5, 5.41) is 0. The Morgan fingerprint density at radius 2 is 1.92 bits per heavy atom. The minimum absolute atomic E-state index is 0.0636. The molecule has 3 rings (SSSR count). The monoisotopic (exact) mass is 346 g/mol. The van der Waals surface area contributed by atoms with E-state index in [1.165, 1.54) is 0 Å². The van der Waals surface area contributed by atoms with Crippen LogP contribution in [0.5, 0.6) is 0 Å². The Morgan fingerprint density at radius 1 is 1.16 bits per heavy atom. The fourth-order valence-corrected chi connectivity index (χ4v) is 3.77. The Labute approximate surface area is 149 Å². The van der Waals surface area contributed by atoms with Crippen LogP contribution in [0.25, 0.3) is 0 Å². The van der Waals surface area contributed by atoms with Gasteiger partial charge in [-0.25, -0.2) is 4.98 Å². The Hall–Kier alpha value is -1.69. The fourth-order valence-electron chi connectivity index (χ4n) is 3.77. The van der Waals surface area contributed by atoms with E-state index in [1.807, 2.05) is 4.90 Å². The normalized spacial score (nSPS) is 20.0. The highest BCUT2D eigenvalue weighted by atomic mass is 16.2. The molecule has 2 saturated heterocycles. The van der Waals surface area contributed by atoms with E-state index in [4.69, 9.17) is 0 Å². The van der Waals surface area contributed by atoms with Gasteiger partial charge in [-0.1, -0.05) is 13.8 Å². The van der Waals surface area contributed by atoms with Gasteiger partial charge in [0.25, 0.3) is 5.56 Å². The second-order valence-corrected chi connectivity index (χ2v) is 7.73. The third-order valence-corrected chi connectivity index (χ3v) is 5.51. The summed E-state index contributed by atoms with van der Waals surface area (Å²) in [5.41, 5.74) is 0.932. The van der Waals surface area contributed by atoms with Crippen LogP contribution in [0.3, 0.4) is 0 Å². The number of rotatable bonds is 6. The molecule has 0 aromatic carbocycles. The molecule has 0 bridgehead atoms. The predicted molar refractivity (Wildman–Crippen MR) is 97.6 cm³/mol. The minimum atomic E-state index is 0.0636. The smallest absolute Gasteiger partial charge is 0.253 e. The van der Waals surface area contributed by atoms with E-state index in [-0.39, 0.29) is 11.5 Å². The molecule has 6 nitrogen and oxygen atoms in total. The average Bonchev–Trinajstić information content (AvgIpc) is 3.01. The molecule has 138 valence electrons. The summed E-state index contributed by atoms with van der Waals surface area (Å²) in [7, 11) is 0. The first-order valence-electron chi connectivity index (χ1n) is 9.59. The minimum Gasteiger partial charge on any atom is -0.341 e. The van der Waals surface area contributed by atoms with E-state index in [1.54, 1.807) is 17.0 Å². The van der Waals surface area contributed by atoms with Crippen LogP contribution in [-0.4, -0.2) is 58.0 Å². The van der Waals surface area contributed by atoms with Gasteiger partial charge in [0.05, 0.1) is 12.0 Å². The molecule has 0 atom stereocenters. The van der Waals surface area contributed by atoms with Crippen molar-refractivity contribution in [1.29, 1.82) is 0 Å². The van der Waals surface area contributed by atoms with Crippen LogP contribution in [-0.2, 0) is 11.3 Å². The highest BCUT2D eigenvalue weighted by molar-refractivity contribution is 5.78. The SMILES string of the molecule is CC(C)c1cc(=O)n(CC2CCN(CCN3CCCC3=O)CC2)cn1. The van der Waals surface area contributed by atoms with Gasteiger partial charge < -0.3 is 9.80 Å². The maximum absolute atomic E-state index is 12.2. The van der Waals surface area contributed by atoms with Crippen LogP contribution in [0.2, 0.25) is 0 Å². The molecule has 3 heterocycles. The highest BCUT2D eigenvalue weighted by Crippen LogP contribution is 2.19. The van der Waals surface area contributed by atoms with E-state index < -0.39 is 0 Å². The molecule has 0 N–H and O–H groups in total. The zero-order chi connectivity index (χ0) is 17.8.